The molecule has 0 radical (unpaired) electrons. The van der Waals surface area contributed by atoms with Crippen LogP contribution in [-0.2, 0) is 4.74 Å². The van der Waals surface area contributed by atoms with Gasteiger partial charge in [0.2, 0.25) is 0 Å². The van der Waals surface area contributed by atoms with Crippen molar-refractivity contribution in [2.24, 2.45) is 0 Å². The molecule has 2 aliphatic rings. The van der Waals surface area contributed by atoms with E-state index in [2.05, 4.69) is 17.1 Å². The Balaban J connectivity index is 1.85. The second kappa shape index (κ2) is 5.28. The van der Waals surface area contributed by atoms with E-state index in [4.69, 9.17) is 4.74 Å². The first-order chi connectivity index (χ1) is 7.33. The number of methoxy groups -OCH3 is 1. The third-order valence-electron chi connectivity index (χ3n) is 3.95. The van der Waals surface area contributed by atoms with Gasteiger partial charge in [0.25, 0.3) is 0 Å². The van der Waals surface area contributed by atoms with E-state index in [0.717, 1.165) is 37.8 Å². The SMILES string of the molecule is CCN(CCOC)C1CC2CCC(C1)N2. The van der Waals surface area contributed by atoms with Crippen LogP contribution < -0.4 is 5.32 Å². The van der Waals surface area contributed by atoms with Crippen LogP contribution in [0.1, 0.15) is 32.6 Å². The van der Waals surface area contributed by atoms with Gasteiger partial charge in [-0.2, -0.15) is 0 Å². The quantitative estimate of drug-likeness (QED) is 0.742. The van der Waals surface area contributed by atoms with Gasteiger partial charge in [-0.3, -0.25) is 4.90 Å². The van der Waals surface area contributed by atoms with E-state index in [1.807, 2.05) is 0 Å². The highest BCUT2D eigenvalue weighted by atomic mass is 16.5. The van der Waals surface area contributed by atoms with E-state index in [1.165, 1.54) is 25.7 Å². The Hall–Kier alpha value is -0.120. The molecule has 2 bridgehead atoms. The zero-order chi connectivity index (χ0) is 10.7. The van der Waals surface area contributed by atoms with Gasteiger partial charge in [0.05, 0.1) is 6.61 Å². The third kappa shape index (κ3) is 2.71. The fourth-order valence-corrected chi connectivity index (χ4v) is 3.13. The molecule has 1 N–H and O–H groups in total. The van der Waals surface area contributed by atoms with Crippen LogP contribution in [0.2, 0.25) is 0 Å². The van der Waals surface area contributed by atoms with Crippen LogP contribution in [0.5, 0.6) is 0 Å². The monoisotopic (exact) mass is 212 g/mol. The number of rotatable bonds is 5. The predicted octanol–water partition coefficient (Wildman–Crippen LogP) is 1.24. The summed E-state index contributed by atoms with van der Waals surface area (Å²) in [6.45, 7) is 5.39. The molecule has 88 valence electrons. The van der Waals surface area contributed by atoms with E-state index >= 15 is 0 Å². The highest BCUT2D eigenvalue weighted by molar-refractivity contribution is 4.95. The van der Waals surface area contributed by atoms with Crippen LogP contribution in [-0.4, -0.2) is 49.8 Å². The van der Waals surface area contributed by atoms with E-state index in [1.54, 1.807) is 7.11 Å². The fourth-order valence-electron chi connectivity index (χ4n) is 3.13. The number of hydrogen-bond donors (Lipinski definition) is 1. The molecule has 0 aromatic carbocycles. The van der Waals surface area contributed by atoms with E-state index < -0.39 is 0 Å². The molecule has 2 heterocycles. The zero-order valence-corrected chi connectivity index (χ0v) is 10.0. The predicted molar refractivity (Wildman–Crippen MR) is 62.1 cm³/mol. The Bertz CT molecular complexity index is 186. The van der Waals surface area contributed by atoms with Gasteiger partial charge < -0.3 is 10.1 Å². The van der Waals surface area contributed by atoms with Crippen LogP contribution in [0.15, 0.2) is 0 Å². The van der Waals surface area contributed by atoms with Crippen LogP contribution in [0.25, 0.3) is 0 Å². The standard InChI is InChI=1S/C12H24N2O/c1-3-14(6-7-15-2)12-8-10-4-5-11(9-12)13-10/h10-13H,3-9H2,1-2H3. The third-order valence-corrected chi connectivity index (χ3v) is 3.95. The van der Waals surface area contributed by atoms with Crippen LogP contribution in [0, 0.1) is 0 Å². The van der Waals surface area contributed by atoms with Gasteiger partial charge in [-0.05, 0) is 32.2 Å². The Labute approximate surface area is 93.2 Å². The van der Waals surface area contributed by atoms with Crippen LogP contribution >= 0.6 is 0 Å². The summed E-state index contributed by atoms with van der Waals surface area (Å²) in [4.78, 5) is 2.59. The van der Waals surface area contributed by atoms with Gasteiger partial charge in [0.15, 0.2) is 0 Å². The van der Waals surface area contributed by atoms with Crippen molar-refractivity contribution in [2.75, 3.05) is 26.8 Å². The molecule has 2 aliphatic heterocycles. The average molecular weight is 212 g/mol. The number of hydrogen-bond acceptors (Lipinski definition) is 3. The lowest BCUT2D eigenvalue weighted by molar-refractivity contribution is 0.0995. The summed E-state index contributed by atoms with van der Waals surface area (Å²) in [7, 11) is 1.79. The molecule has 2 saturated heterocycles. The lowest BCUT2D eigenvalue weighted by Crippen LogP contribution is -2.49. The Morgan fingerprint density at radius 2 is 1.93 bits per heavy atom. The van der Waals surface area contributed by atoms with Crippen molar-refractivity contribution in [2.45, 2.75) is 50.7 Å². The van der Waals surface area contributed by atoms with E-state index in [0.29, 0.717) is 0 Å². The van der Waals surface area contributed by atoms with Gasteiger partial charge in [0, 0.05) is 31.8 Å². The Kier molecular flexibility index (Phi) is 4.00. The minimum Gasteiger partial charge on any atom is -0.383 e. The second-order valence-electron chi connectivity index (χ2n) is 4.88. The molecule has 0 saturated carbocycles. The molecule has 0 spiro atoms. The molecule has 0 aliphatic carbocycles. The van der Waals surface area contributed by atoms with Crippen molar-refractivity contribution in [3.05, 3.63) is 0 Å². The number of nitrogens with zero attached hydrogens (tertiary/aromatic N) is 1. The van der Waals surface area contributed by atoms with Crippen LogP contribution in [0.4, 0.5) is 0 Å². The first-order valence-electron chi connectivity index (χ1n) is 6.32. The van der Waals surface area contributed by atoms with E-state index in [-0.39, 0.29) is 0 Å². The number of likely N-dealkylation sites (N-methyl/N-ethyl adjacent to an activating group) is 1. The maximum Gasteiger partial charge on any atom is 0.0589 e. The number of fused-ring (bicyclic) bond motifs is 2. The summed E-state index contributed by atoms with van der Waals surface area (Å²) in [5.74, 6) is 0. The van der Waals surface area contributed by atoms with Crippen molar-refractivity contribution < 1.29 is 4.74 Å². The molecule has 15 heavy (non-hydrogen) atoms. The van der Waals surface area contributed by atoms with Crippen molar-refractivity contribution >= 4 is 0 Å². The van der Waals surface area contributed by atoms with Crippen LogP contribution in [0.3, 0.4) is 0 Å². The topological polar surface area (TPSA) is 24.5 Å². The number of nitrogens with one attached hydrogen (secondary N) is 1. The molecule has 2 atom stereocenters. The lowest BCUT2D eigenvalue weighted by atomic mass is 9.98. The van der Waals surface area contributed by atoms with Crippen molar-refractivity contribution in [1.82, 2.24) is 10.2 Å². The highest BCUT2D eigenvalue weighted by Crippen LogP contribution is 2.29. The molecular weight excluding hydrogens is 188 g/mol. The first-order valence-corrected chi connectivity index (χ1v) is 6.32. The number of piperidine rings is 1. The molecule has 2 fully saturated rings. The lowest BCUT2D eigenvalue weighted by Gasteiger charge is -2.37. The minimum atomic E-state index is 0.795. The summed E-state index contributed by atoms with van der Waals surface area (Å²) in [6, 6.07) is 2.39. The Morgan fingerprint density at radius 3 is 2.47 bits per heavy atom. The number of ether oxygens (including phenoxy) is 1. The summed E-state index contributed by atoms with van der Waals surface area (Å²) in [5, 5.41) is 3.70. The van der Waals surface area contributed by atoms with Gasteiger partial charge in [-0.1, -0.05) is 6.92 Å². The normalized spacial score (nSPS) is 35.0. The maximum absolute atomic E-state index is 5.18. The zero-order valence-electron chi connectivity index (χ0n) is 10.0. The minimum absolute atomic E-state index is 0.795. The van der Waals surface area contributed by atoms with Gasteiger partial charge in [-0.15, -0.1) is 0 Å². The fraction of sp³-hybridized carbons (Fsp3) is 1.00. The molecular formula is C12H24N2O. The van der Waals surface area contributed by atoms with E-state index in [9.17, 15) is 0 Å². The van der Waals surface area contributed by atoms with Crippen molar-refractivity contribution in [3.63, 3.8) is 0 Å². The Morgan fingerprint density at radius 1 is 1.27 bits per heavy atom. The van der Waals surface area contributed by atoms with Crippen molar-refractivity contribution in [3.8, 4) is 0 Å². The molecule has 0 aromatic heterocycles. The average Bonchev–Trinajstić information content (AvgIpc) is 2.59. The molecule has 2 rings (SSSR count). The molecule has 3 nitrogen and oxygen atoms in total. The molecule has 0 aromatic rings. The van der Waals surface area contributed by atoms with Gasteiger partial charge in [0.1, 0.15) is 0 Å². The molecule has 3 heteroatoms. The van der Waals surface area contributed by atoms with Crippen molar-refractivity contribution in [1.29, 1.82) is 0 Å². The smallest absolute Gasteiger partial charge is 0.0589 e. The summed E-state index contributed by atoms with van der Waals surface area (Å²) in [5.41, 5.74) is 0. The van der Waals surface area contributed by atoms with Gasteiger partial charge >= 0.3 is 0 Å². The molecule has 0 amide bonds. The molecule has 2 unspecified atom stereocenters. The largest absolute Gasteiger partial charge is 0.383 e. The second-order valence-corrected chi connectivity index (χ2v) is 4.88. The summed E-state index contributed by atoms with van der Waals surface area (Å²) < 4.78 is 5.18. The summed E-state index contributed by atoms with van der Waals surface area (Å²) in [6.07, 6.45) is 5.47. The maximum atomic E-state index is 5.18. The first kappa shape index (κ1) is 11.4. The van der Waals surface area contributed by atoms with Gasteiger partial charge in [-0.25, -0.2) is 0 Å². The summed E-state index contributed by atoms with van der Waals surface area (Å²) >= 11 is 0. The highest BCUT2D eigenvalue weighted by Gasteiger charge is 2.35.